The Morgan fingerprint density at radius 1 is 1.10 bits per heavy atom. The van der Waals surface area contributed by atoms with Gasteiger partial charge in [0.1, 0.15) is 5.82 Å². The van der Waals surface area contributed by atoms with Gasteiger partial charge in [-0.05, 0) is 76.1 Å². The summed E-state index contributed by atoms with van der Waals surface area (Å²) in [6.07, 6.45) is 8.65. The molecule has 1 atom stereocenters. The van der Waals surface area contributed by atoms with Crippen LogP contribution in [0.5, 0.6) is 0 Å². The summed E-state index contributed by atoms with van der Waals surface area (Å²) in [5.74, 6) is 1.10. The van der Waals surface area contributed by atoms with Crippen LogP contribution in [0.1, 0.15) is 53.9 Å². The molecule has 2 aliphatic heterocycles. The third kappa shape index (κ3) is 3.35. The Hall–Kier alpha value is -2.27. The number of fused-ring (bicyclic) bond motifs is 3. The van der Waals surface area contributed by atoms with Crippen LogP contribution < -0.4 is 4.90 Å². The number of nitrogens with zero attached hydrogens (tertiary/aromatic N) is 4. The van der Waals surface area contributed by atoms with Crippen LogP contribution in [0.2, 0.25) is 0 Å². The monoisotopic (exact) mass is 390 g/mol. The SMILES string of the molecule is Cc1ccc2c(c1)CCCN2C(=O)CN1CCCC2(CCc3cnc(C)nc32)C1. The lowest BCUT2D eigenvalue weighted by Crippen LogP contribution is -2.50. The summed E-state index contributed by atoms with van der Waals surface area (Å²) in [5, 5.41) is 0. The summed E-state index contributed by atoms with van der Waals surface area (Å²) >= 11 is 0. The van der Waals surface area contributed by atoms with Crippen LogP contribution >= 0.6 is 0 Å². The van der Waals surface area contributed by atoms with Gasteiger partial charge in [-0.25, -0.2) is 9.97 Å². The minimum atomic E-state index is 0.110. The standard InChI is InChI=1S/C24H30N4O/c1-17-6-7-21-19(13-17)5-3-12-28(21)22(29)15-27-11-4-9-24(16-27)10-8-20-14-25-18(2)26-23(20)24/h6-7,13-14H,3-5,8-12,15-16H2,1-2H3. The van der Waals surface area contributed by atoms with Crippen LogP contribution in [0.4, 0.5) is 5.69 Å². The van der Waals surface area contributed by atoms with Crippen molar-refractivity contribution >= 4 is 11.6 Å². The largest absolute Gasteiger partial charge is 0.311 e. The van der Waals surface area contributed by atoms with Crippen LogP contribution in [0.25, 0.3) is 0 Å². The van der Waals surface area contributed by atoms with E-state index in [1.54, 1.807) is 0 Å². The van der Waals surface area contributed by atoms with Gasteiger partial charge in [-0.15, -0.1) is 0 Å². The van der Waals surface area contributed by atoms with Gasteiger partial charge in [-0.3, -0.25) is 9.69 Å². The van der Waals surface area contributed by atoms with Crippen molar-refractivity contribution in [1.29, 1.82) is 0 Å². The molecule has 5 rings (SSSR count). The zero-order chi connectivity index (χ0) is 20.0. The molecule has 3 aliphatic rings. The van der Waals surface area contributed by atoms with Crippen molar-refractivity contribution in [2.75, 3.05) is 31.1 Å². The second-order valence-electron chi connectivity index (χ2n) is 9.17. The van der Waals surface area contributed by atoms with Crippen LogP contribution in [-0.2, 0) is 23.1 Å². The summed E-state index contributed by atoms with van der Waals surface area (Å²) in [6.45, 7) is 7.39. The summed E-state index contributed by atoms with van der Waals surface area (Å²) in [4.78, 5) is 26.9. The molecule has 0 N–H and O–H groups in total. The van der Waals surface area contributed by atoms with Gasteiger partial charge < -0.3 is 4.90 Å². The Bertz CT molecular complexity index is 952. The quantitative estimate of drug-likeness (QED) is 0.789. The number of aromatic nitrogens is 2. The Balaban J connectivity index is 1.34. The maximum atomic E-state index is 13.3. The predicted octanol–water partition coefficient (Wildman–Crippen LogP) is 3.35. The van der Waals surface area contributed by atoms with Crippen molar-refractivity contribution in [2.24, 2.45) is 0 Å². The molecule has 1 amide bonds. The van der Waals surface area contributed by atoms with Crippen molar-refractivity contribution in [1.82, 2.24) is 14.9 Å². The molecule has 0 bridgehead atoms. The Morgan fingerprint density at radius 3 is 2.90 bits per heavy atom. The molecular weight excluding hydrogens is 360 g/mol. The highest BCUT2D eigenvalue weighted by atomic mass is 16.2. The Labute approximate surface area is 173 Å². The molecule has 0 radical (unpaired) electrons. The van der Waals surface area contributed by atoms with E-state index >= 15 is 0 Å². The van der Waals surface area contributed by atoms with Crippen molar-refractivity contribution in [3.05, 3.63) is 52.6 Å². The predicted molar refractivity (Wildman–Crippen MR) is 114 cm³/mol. The number of anilines is 1. The first-order valence-corrected chi connectivity index (χ1v) is 11.0. The molecule has 1 aromatic heterocycles. The smallest absolute Gasteiger partial charge is 0.241 e. The minimum absolute atomic E-state index is 0.110. The molecule has 1 unspecified atom stereocenters. The van der Waals surface area contributed by atoms with Gasteiger partial charge >= 0.3 is 0 Å². The number of carbonyl (C=O) groups is 1. The topological polar surface area (TPSA) is 49.3 Å². The maximum Gasteiger partial charge on any atom is 0.241 e. The first-order valence-electron chi connectivity index (χ1n) is 11.0. The van der Waals surface area contributed by atoms with E-state index in [0.29, 0.717) is 6.54 Å². The highest BCUT2D eigenvalue weighted by Gasteiger charge is 2.44. The van der Waals surface area contributed by atoms with Gasteiger partial charge in [0.05, 0.1) is 12.2 Å². The fourth-order valence-corrected chi connectivity index (χ4v) is 5.65. The van der Waals surface area contributed by atoms with E-state index < -0.39 is 0 Å². The van der Waals surface area contributed by atoms with Crippen molar-refractivity contribution < 1.29 is 4.79 Å². The lowest BCUT2D eigenvalue weighted by Gasteiger charge is -2.41. The van der Waals surface area contributed by atoms with E-state index in [1.165, 1.54) is 28.8 Å². The third-order valence-corrected chi connectivity index (χ3v) is 7.03. The number of hydrogen-bond donors (Lipinski definition) is 0. The molecule has 152 valence electrons. The molecule has 5 nitrogen and oxygen atoms in total. The second-order valence-corrected chi connectivity index (χ2v) is 9.17. The lowest BCUT2D eigenvalue weighted by atomic mass is 9.77. The van der Waals surface area contributed by atoms with Gasteiger partial charge in [-0.1, -0.05) is 17.7 Å². The van der Waals surface area contributed by atoms with E-state index in [1.807, 2.05) is 18.0 Å². The number of rotatable bonds is 2. The summed E-state index contributed by atoms with van der Waals surface area (Å²) in [7, 11) is 0. The number of benzene rings is 1. The summed E-state index contributed by atoms with van der Waals surface area (Å²) < 4.78 is 0. The number of likely N-dealkylation sites (tertiary alicyclic amines) is 1. The Morgan fingerprint density at radius 2 is 2.00 bits per heavy atom. The number of carbonyl (C=O) groups excluding carboxylic acids is 1. The highest BCUT2D eigenvalue weighted by Crippen LogP contribution is 2.43. The Kier molecular flexibility index (Phi) is 4.66. The molecule has 1 saturated heterocycles. The van der Waals surface area contributed by atoms with E-state index in [4.69, 9.17) is 4.98 Å². The average molecular weight is 391 g/mol. The van der Waals surface area contributed by atoms with Crippen molar-refractivity contribution in [2.45, 2.75) is 57.8 Å². The van der Waals surface area contributed by atoms with Crippen LogP contribution in [0.15, 0.2) is 24.4 Å². The first-order chi connectivity index (χ1) is 14.0. The number of piperidine rings is 1. The highest BCUT2D eigenvalue weighted by molar-refractivity contribution is 5.96. The maximum absolute atomic E-state index is 13.3. The van der Waals surface area contributed by atoms with Crippen molar-refractivity contribution in [3.8, 4) is 0 Å². The van der Waals surface area contributed by atoms with E-state index in [2.05, 4.69) is 35.0 Å². The molecule has 1 aromatic carbocycles. The second kappa shape index (κ2) is 7.21. The number of hydrogen-bond acceptors (Lipinski definition) is 4. The molecule has 29 heavy (non-hydrogen) atoms. The molecule has 3 heterocycles. The van der Waals surface area contributed by atoms with Crippen LogP contribution in [0, 0.1) is 13.8 Å². The normalized spacial score (nSPS) is 23.9. The molecule has 1 fully saturated rings. The van der Waals surface area contributed by atoms with Gasteiger partial charge in [0, 0.05) is 30.4 Å². The molecule has 1 aliphatic carbocycles. The van der Waals surface area contributed by atoms with Gasteiger partial charge in [0.15, 0.2) is 0 Å². The molecule has 5 heteroatoms. The first kappa shape index (κ1) is 18.7. The molecule has 2 aromatic rings. The van der Waals surface area contributed by atoms with E-state index in [0.717, 1.165) is 63.3 Å². The van der Waals surface area contributed by atoms with Gasteiger partial charge in [-0.2, -0.15) is 0 Å². The minimum Gasteiger partial charge on any atom is -0.311 e. The van der Waals surface area contributed by atoms with Gasteiger partial charge in [0.25, 0.3) is 0 Å². The zero-order valence-corrected chi connectivity index (χ0v) is 17.6. The van der Waals surface area contributed by atoms with Gasteiger partial charge in [0.2, 0.25) is 5.91 Å². The average Bonchev–Trinajstić information content (AvgIpc) is 3.04. The van der Waals surface area contributed by atoms with E-state index in [9.17, 15) is 4.79 Å². The molecule has 1 spiro atoms. The lowest BCUT2D eigenvalue weighted by molar-refractivity contribution is -0.120. The third-order valence-electron chi connectivity index (χ3n) is 7.03. The summed E-state index contributed by atoms with van der Waals surface area (Å²) in [5.41, 5.74) is 6.38. The summed E-state index contributed by atoms with van der Waals surface area (Å²) in [6, 6.07) is 6.49. The van der Waals surface area contributed by atoms with Crippen LogP contribution in [-0.4, -0.2) is 47.0 Å². The number of aryl methyl sites for hydroxylation is 4. The fraction of sp³-hybridized carbons (Fsp3) is 0.542. The van der Waals surface area contributed by atoms with E-state index in [-0.39, 0.29) is 11.3 Å². The van der Waals surface area contributed by atoms with Crippen molar-refractivity contribution in [3.63, 3.8) is 0 Å². The molecule has 0 saturated carbocycles. The van der Waals surface area contributed by atoms with Crippen LogP contribution in [0.3, 0.4) is 0 Å². The number of amides is 1. The molecular formula is C24H30N4O. The fourth-order valence-electron chi connectivity index (χ4n) is 5.65. The zero-order valence-electron chi connectivity index (χ0n) is 17.6.